The summed E-state index contributed by atoms with van der Waals surface area (Å²) in [5.74, 6) is 0.730. The molecule has 1 aliphatic heterocycles. The van der Waals surface area contributed by atoms with E-state index in [0.717, 1.165) is 38.0 Å². The number of nitrogens with zero attached hydrogens (tertiary/aromatic N) is 4. The number of rotatable bonds is 4. The van der Waals surface area contributed by atoms with Crippen LogP contribution in [0.15, 0.2) is 51.5 Å². The molecule has 6 nitrogen and oxygen atoms in total. The summed E-state index contributed by atoms with van der Waals surface area (Å²) in [7, 11) is -1.25. The van der Waals surface area contributed by atoms with Gasteiger partial charge in [0, 0.05) is 41.1 Å². The lowest BCUT2D eigenvalue weighted by atomic mass is 10.1. The molecule has 0 saturated heterocycles. The zero-order valence-electron chi connectivity index (χ0n) is 13.1. The number of nitrogens with one attached hydrogen (secondary N) is 1. The number of halogens is 1. The third-order valence-electron chi connectivity index (χ3n) is 3.88. The third-order valence-corrected chi connectivity index (χ3v) is 7.04. The first-order valence-corrected chi connectivity index (χ1v) is 10.4. The van der Waals surface area contributed by atoms with Crippen molar-refractivity contribution >= 4 is 49.2 Å². The fraction of sp³-hybridized carbons (Fsp3) is 0.188. The monoisotopic (exact) mass is 435 g/mol. The van der Waals surface area contributed by atoms with Crippen molar-refractivity contribution in [1.82, 2.24) is 19.3 Å². The standard InChI is InChI=1S/C16H14BrN5OS2/c17-12-3-1-2-4-14(12)25(23)22-7-5-13-11(9-22)15(20-10-19-13)21-16-18-6-8-24-16/h1-4,6,8,10H,5,7,9H2,(H,18,19,20,21). The third kappa shape index (κ3) is 3.50. The quantitative estimate of drug-likeness (QED) is 0.678. The van der Waals surface area contributed by atoms with Gasteiger partial charge in [-0.3, -0.25) is 0 Å². The van der Waals surface area contributed by atoms with Crippen LogP contribution in [0.25, 0.3) is 0 Å². The highest BCUT2D eigenvalue weighted by atomic mass is 79.9. The van der Waals surface area contributed by atoms with Crippen molar-refractivity contribution in [3.63, 3.8) is 0 Å². The summed E-state index contributed by atoms with van der Waals surface area (Å²) in [6.45, 7) is 1.21. The molecule has 0 aliphatic carbocycles. The molecular weight excluding hydrogens is 422 g/mol. The zero-order valence-corrected chi connectivity index (χ0v) is 16.3. The van der Waals surface area contributed by atoms with E-state index in [-0.39, 0.29) is 0 Å². The van der Waals surface area contributed by atoms with Crippen LogP contribution in [0.5, 0.6) is 0 Å². The average Bonchev–Trinajstić information content (AvgIpc) is 3.15. The maximum atomic E-state index is 13.0. The number of fused-ring (bicyclic) bond motifs is 1. The van der Waals surface area contributed by atoms with Crippen molar-refractivity contribution in [3.05, 3.63) is 57.9 Å². The summed E-state index contributed by atoms with van der Waals surface area (Å²) in [6.07, 6.45) is 4.05. The lowest BCUT2D eigenvalue weighted by molar-refractivity contribution is 0.416. The molecule has 9 heteroatoms. The van der Waals surface area contributed by atoms with Crippen molar-refractivity contribution in [3.8, 4) is 0 Å². The molecule has 1 N–H and O–H groups in total. The van der Waals surface area contributed by atoms with E-state index < -0.39 is 11.0 Å². The van der Waals surface area contributed by atoms with Gasteiger partial charge in [0.25, 0.3) is 0 Å². The van der Waals surface area contributed by atoms with E-state index in [1.165, 1.54) is 11.3 Å². The van der Waals surface area contributed by atoms with Gasteiger partial charge in [-0.25, -0.2) is 23.5 Å². The maximum absolute atomic E-state index is 13.0. The summed E-state index contributed by atoms with van der Waals surface area (Å²) in [4.78, 5) is 13.8. The molecule has 25 heavy (non-hydrogen) atoms. The molecule has 2 aromatic heterocycles. The molecule has 1 atom stereocenters. The highest BCUT2D eigenvalue weighted by molar-refractivity contribution is 9.10. The van der Waals surface area contributed by atoms with E-state index in [1.807, 2.05) is 34.0 Å². The van der Waals surface area contributed by atoms with Crippen LogP contribution in [0.3, 0.4) is 0 Å². The Hall–Kier alpha value is -1.68. The van der Waals surface area contributed by atoms with Crippen LogP contribution >= 0.6 is 27.3 Å². The molecule has 3 heterocycles. The number of benzene rings is 1. The minimum absolute atomic E-state index is 0.526. The van der Waals surface area contributed by atoms with Crippen molar-refractivity contribution in [2.75, 3.05) is 11.9 Å². The van der Waals surface area contributed by atoms with Gasteiger partial charge in [0.1, 0.15) is 23.1 Å². The Kier molecular flexibility index (Phi) is 4.89. The van der Waals surface area contributed by atoms with Crippen LogP contribution in [-0.4, -0.2) is 30.0 Å². The van der Waals surface area contributed by atoms with Crippen molar-refractivity contribution in [1.29, 1.82) is 0 Å². The fourth-order valence-electron chi connectivity index (χ4n) is 2.68. The van der Waals surface area contributed by atoms with Gasteiger partial charge in [-0.2, -0.15) is 0 Å². The van der Waals surface area contributed by atoms with E-state index in [9.17, 15) is 4.21 Å². The van der Waals surface area contributed by atoms with Crippen molar-refractivity contribution in [2.24, 2.45) is 0 Å². The van der Waals surface area contributed by atoms with Crippen molar-refractivity contribution in [2.45, 2.75) is 17.9 Å². The molecule has 0 fully saturated rings. The van der Waals surface area contributed by atoms with E-state index in [4.69, 9.17) is 0 Å². The largest absolute Gasteiger partial charge is 0.316 e. The Balaban J connectivity index is 1.62. The summed E-state index contributed by atoms with van der Waals surface area (Å²) < 4.78 is 15.8. The lowest BCUT2D eigenvalue weighted by Gasteiger charge is -2.28. The average molecular weight is 436 g/mol. The van der Waals surface area contributed by atoms with Gasteiger partial charge in [0.05, 0.1) is 10.6 Å². The SMILES string of the molecule is O=S(c1ccccc1Br)N1CCc2ncnc(Nc3nccs3)c2C1. The molecule has 1 unspecified atom stereocenters. The van der Waals surface area contributed by atoms with Gasteiger partial charge < -0.3 is 5.32 Å². The van der Waals surface area contributed by atoms with Crippen LogP contribution in [0.1, 0.15) is 11.3 Å². The first-order valence-electron chi connectivity index (χ1n) is 7.63. The second-order valence-corrected chi connectivity index (χ2v) is 8.61. The minimum atomic E-state index is -1.25. The maximum Gasteiger partial charge on any atom is 0.188 e. The van der Waals surface area contributed by atoms with Gasteiger partial charge in [-0.05, 0) is 28.1 Å². The number of hydrogen-bond donors (Lipinski definition) is 1. The Morgan fingerprint density at radius 3 is 2.92 bits per heavy atom. The molecule has 0 amide bonds. The van der Waals surface area contributed by atoms with E-state index in [1.54, 1.807) is 12.5 Å². The number of hydrogen-bond acceptors (Lipinski definition) is 6. The Bertz CT molecular complexity index is 919. The van der Waals surface area contributed by atoms with E-state index >= 15 is 0 Å². The number of thiazole rings is 1. The van der Waals surface area contributed by atoms with Crippen LogP contribution in [-0.2, 0) is 24.0 Å². The summed E-state index contributed by atoms with van der Waals surface area (Å²) in [5, 5.41) is 5.93. The Morgan fingerprint density at radius 2 is 2.12 bits per heavy atom. The first kappa shape index (κ1) is 16.8. The van der Waals surface area contributed by atoms with Crippen LogP contribution in [0.4, 0.5) is 10.9 Å². The molecular formula is C16H14BrN5OS2. The fourth-order valence-corrected chi connectivity index (χ4v) is 5.12. The molecule has 1 aromatic carbocycles. The second kappa shape index (κ2) is 7.28. The molecule has 128 valence electrons. The molecule has 0 radical (unpaired) electrons. The van der Waals surface area contributed by atoms with Gasteiger partial charge in [-0.1, -0.05) is 12.1 Å². The minimum Gasteiger partial charge on any atom is -0.316 e. The molecule has 1 aliphatic rings. The topological polar surface area (TPSA) is 71.0 Å². The predicted octanol–water partition coefficient (Wildman–Crippen LogP) is 3.52. The predicted molar refractivity (Wildman–Crippen MR) is 102 cm³/mol. The highest BCUT2D eigenvalue weighted by Crippen LogP contribution is 2.29. The zero-order chi connectivity index (χ0) is 17.2. The molecule has 3 aromatic rings. The van der Waals surface area contributed by atoms with E-state index in [0.29, 0.717) is 13.1 Å². The van der Waals surface area contributed by atoms with Gasteiger partial charge in [0.2, 0.25) is 0 Å². The Morgan fingerprint density at radius 1 is 1.24 bits per heavy atom. The lowest BCUT2D eigenvalue weighted by Crippen LogP contribution is -2.33. The highest BCUT2D eigenvalue weighted by Gasteiger charge is 2.26. The van der Waals surface area contributed by atoms with E-state index in [2.05, 4.69) is 36.2 Å². The molecule has 0 bridgehead atoms. The van der Waals surface area contributed by atoms with Crippen LogP contribution in [0, 0.1) is 0 Å². The normalized spacial score (nSPS) is 15.6. The molecule has 0 saturated carbocycles. The summed E-state index contributed by atoms with van der Waals surface area (Å²) in [5.41, 5.74) is 1.97. The summed E-state index contributed by atoms with van der Waals surface area (Å²) in [6, 6.07) is 7.60. The van der Waals surface area contributed by atoms with Gasteiger partial charge >= 0.3 is 0 Å². The number of aromatic nitrogens is 3. The van der Waals surface area contributed by atoms with Gasteiger partial charge in [0.15, 0.2) is 5.13 Å². The van der Waals surface area contributed by atoms with Crippen LogP contribution < -0.4 is 5.32 Å². The first-order chi connectivity index (χ1) is 12.2. The molecule has 4 rings (SSSR count). The smallest absolute Gasteiger partial charge is 0.188 e. The summed E-state index contributed by atoms with van der Waals surface area (Å²) >= 11 is 5.00. The van der Waals surface area contributed by atoms with Crippen molar-refractivity contribution < 1.29 is 4.21 Å². The number of anilines is 2. The van der Waals surface area contributed by atoms with Gasteiger partial charge in [-0.15, -0.1) is 11.3 Å². The second-order valence-electron chi connectivity index (χ2n) is 5.40. The van der Waals surface area contributed by atoms with Crippen LogP contribution in [0.2, 0.25) is 0 Å². The Labute approximate surface area is 160 Å². The molecule has 0 spiro atoms.